The van der Waals surface area contributed by atoms with Crippen molar-refractivity contribution in [1.29, 1.82) is 0 Å². The normalized spacial score (nSPS) is 25.5. The predicted molar refractivity (Wildman–Crippen MR) is 55.3 cm³/mol. The van der Waals surface area contributed by atoms with E-state index in [0.29, 0.717) is 5.92 Å². The highest BCUT2D eigenvalue weighted by atomic mass is 16.5. The summed E-state index contributed by atoms with van der Waals surface area (Å²) in [6, 6.07) is -0.206. The molecule has 2 saturated carbocycles. The van der Waals surface area contributed by atoms with Gasteiger partial charge in [-0.05, 0) is 38.0 Å². The van der Waals surface area contributed by atoms with Crippen molar-refractivity contribution in [2.45, 2.75) is 43.7 Å². The molecule has 0 spiro atoms. The Labute approximate surface area is 90.0 Å². The van der Waals surface area contributed by atoms with Gasteiger partial charge in [-0.3, -0.25) is 10.1 Å². The summed E-state index contributed by atoms with van der Waals surface area (Å²) in [5.41, 5.74) is -0.207. The first-order chi connectivity index (χ1) is 7.21. The molecule has 4 nitrogen and oxygen atoms in total. The van der Waals surface area contributed by atoms with Crippen LogP contribution in [0.1, 0.15) is 32.1 Å². The fraction of sp³-hybridized carbons (Fsp3) is 0.909. The first kappa shape index (κ1) is 10.9. The van der Waals surface area contributed by atoms with Crippen LogP contribution in [-0.2, 0) is 9.53 Å². The van der Waals surface area contributed by atoms with Crippen molar-refractivity contribution in [1.82, 2.24) is 5.32 Å². The molecule has 0 aromatic carbocycles. The molecule has 1 unspecified atom stereocenters. The van der Waals surface area contributed by atoms with Crippen molar-refractivity contribution >= 4 is 5.97 Å². The van der Waals surface area contributed by atoms with E-state index in [2.05, 4.69) is 5.32 Å². The number of carbonyl (C=O) groups excluding carboxylic acids is 1. The second-order valence-electron chi connectivity index (χ2n) is 4.77. The van der Waals surface area contributed by atoms with Gasteiger partial charge < -0.3 is 9.84 Å². The van der Waals surface area contributed by atoms with Crippen molar-refractivity contribution in [3.8, 4) is 0 Å². The van der Waals surface area contributed by atoms with Gasteiger partial charge in [0.25, 0.3) is 0 Å². The van der Waals surface area contributed by atoms with Gasteiger partial charge in [-0.2, -0.15) is 0 Å². The van der Waals surface area contributed by atoms with E-state index >= 15 is 0 Å². The Morgan fingerprint density at radius 1 is 1.60 bits per heavy atom. The fourth-order valence-corrected chi connectivity index (χ4v) is 2.21. The number of aliphatic hydroxyl groups is 1. The highest BCUT2D eigenvalue weighted by Gasteiger charge is 2.45. The summed E-state index contributed by atoms with van der Waals surface area (Å²) in [4.78, 5) is 11.6. The summed E-state index contributed by atoms with van der Waals surface area (Å²) < 4.78 is 4.79. The molecule has 1 atom stereocenters. The van der Waals surface area contributed by atoms with E-state index in [1.54, 1.807) is 0 Å². The molecule has 2 N–H and O–H groups in total. The van der Waals surface area contributed by atoms with Gasteiger partial charge in [0.15, 0.2) is 0 Å². The van der Waals surface area contributed by atoms with Gasteiger partial charge in [0.2, 0.25) is 0 Å². The van der Waals surface area contributed by atoms with Crippen molar-refractivity contribution in [3.63, 3.8) is 0 Å². The molecule has 4 heteroatoms. The average molecular weight is 213 g/mol. The third-order valence-corrected chi connectivity index (χ3v) is 3.62. The number of aliphatic hydroxyl groups excluding tert-OH is 1. The molecule has 2 aliphatic carbocycles. The van der Waals surface area contributed by atoms with Crippen LogP contribution in [0.4, 0.5) is 0 Å². The lowest BCUT2D eigenvalue weighted by Crippen LogP contribution is -2.60. The van der Waals surface area contributed by atoms with Gasteiger partial charge in [-0.15, -0.1) is 0 Å². The molecule has 0 aliphatic heterocycles. The molecule has 0 amide bonds. The maximum absolute atomic E-state index is 11.6. The molecule has 0 heterocycles. The smallest absolute Gasteiger partial charge is 0.323 e. The van der Waals surface area contributed by atoms with Crippen LogP contribution in [0.5, 0.6) is 0 Å². The molecular formula is C11H19NO3. The minimum Gasteiger partial charge on any atom is -0.468 e. The molecule has 0 saturated heterocycles. The van der Waals surface area contributed by atoms with E-state index in [4.69, 9.17) is 4.74 Å². The predicted octanol–water partition coefficient (Wildman–Crippen LogP) is 0.443. The summed E-state index contributed by atoms with van der Waals surface area (Å²) in [6.07, 6.45) is 5.24. The van der Waals surface area contributed by atoms with Crippen molar-refractivity contribution in [3.05, 3.63) is 0 Å². The summed E-state index contributed by atoms with van der Waals surface area (Å²) in [7, 11) is 1.42. The Kier molecular flexibility index (Phi) is 2.98. The van der Waals surface area contributed by atoms with Crippen LogP contribution in [0, 0.1) is 5.92 Å². The number of ether oxygens (including phenoxy) is 1. The second-order valence-corrected chi connectivity index (χ2v) is 4.77. The molecule has 2 rings (SSSR count). The SMILES string of the molecule is COC(=O)C(NC1(CO)CCC1)C1CC1. The van der Waals surface area contributed by atoms with Crippen LogP contribution >= 0.6 is 0 Å². The van der Waals surface area contributed by atoms with E-state index in [0.717, 1.165) is 32.1 Å². The van der Waals surface area contributed by atoms with Crippen LogP contribution in [0.15, 0.2) is 0 Å². The zero-order chi connectivity index (χ0) is 10.9. The lowest BCUT2D eigenvalue weighted by atomic mass is 9.76. The molecule has 15 heavy (non-hydrogen) atoms. The summed E-state index contributed by atoms with van der Waals surface area (Å²) in [5.74, 6) is 0.235. The van der Waals surface area contributed by atoms with Crippen LogP contribution in [-0.4, -0.2) is 36.4 Å². The lowest BCUT2D eigenvalue weighted by Gasteiger charge is -2.43. The monoisotopic (exact) mass is 213 g/mol. The number of methoxy groups -OCH3 is 1. The van der Waals surface area contributed by atoms with Gasteiger partial charge >= 0.3 is 5.97 Å². The largest absolute Gasteiger partial charge is 0.468 e. The van der Waals surface area contributed by atoms with Gasteiger partial charge in [0, 0.05) is 5.54 Å². The molecule has 0 bridgehead atoms. The van der Waals surface area contributed by atoms with Crippen LogP contribution in [0.2, 0.25) is 0 Å². The number of nitrogens with one attached hydrogen (secondary N) is 1. The number of esters is 1. The van der Waals surface area contributed by atoms with Crippen LogP contribution in [0.25, 0.3) is 0 Å². The standard InChI is InChI=1S/C11H19NO3/c1-15-10(14)9(8-3-4-8)12-11(7-13)5-2-6-11/h8-9,12-13H,2-7H2,1H3. The minimum atomic E-state index is -0.207. The molecule has 2 aliphatic rings. The molecule has 0 aromatic rings. The van der Waals surface area contributed by atoms with Crippen molar-refractivity contribution in [2.24, 2.45) is 5.92 Å². The van der Waals surface area contributed by atoms with E-state index in [1.807, 2.05) is 0 Å². The molecule has 2 fully saturated rings. The van der Waals surface area contributed by atoms with Crippen LogP contribution < -0.4 is 5.32 Å². The Morgan fingerprint density at radius 2 is 2.27 bits per heavy atom. The molecule has 0 radical (unpaired) electrons. The fourth-order valence-electron chi connectivity index (χ4n) is 2.21. The summed E-state index contributed by atoms with van der Waals surface area (Å²) in [6.45, 7) is 0.118. The first-order valence-electron chi connectivity index (χ1n) is 5.67. The lowest BCUT2D eigenvalue weighted by molar-refractivity contribution is -0.145. The average Bonchev–Trinajstić information content (AvgIpc) is 3.00. The van der Waals surface area contributed by atoms with Gasteiger partial charge in [-0.25, -0.2) is 0 Å². The summed E-state index contributed by atoms with van der Waals surface area (Å²) in [5, 5.41) is 12.6. The van der Waals surface area contributed by atoms with E-state index < -0.39 is 0 Å². The third-order valence-electron chi connectivity index (χ3n) is 3.62. The maximum atomic E-state index is 11.6. The van der Waals surface area contributed by atoms with Crippen molar-refractivity contribution < 1.29 is 14.6 Å². The van der Waals surface area contributed by atoms with Gasteiger partial charge in [0.05, 0.1) is 13.7 Å². The van der Waals surface area contributed by atoms with Gasteiger partial charge in [0.1, 0.15) is 6.04 Å². The molecular weight excluding hydrogens is 194 g/mol. The highest BCUT2D eigenvalue weighted by molar-refractivity contribution is 5.76. The minimum absolute atomic E-state index is 0.118. The summed E-state index contributed by atoms with van der Waals surface area (Å²) >= 11 is 0. The van der Waals surface area contributed by atoms with Crippen LogP contribution in [0.3, 0.4) is 0 Å². The van der Waals surface area contributed by atoms with Gasteiger partial charge in [-0.1, -0.05) is 0 Å². The third kappa shape index (κ3) is 2.16. The second kappa shape index (κ2) is 4.10. The van der Waals surface area contributed by atoms with E-state index in [1.165, 1.54) is 7.11 Å². The van der Waals surface area contributed by atoms with E-state index in [-0.39, 0.29) is 24.2 Å². The number of rotatable bonds is 5. The van der Waals surface area contributed by atoms with E-state index in [9.17, 15) is 9.90 Å². The van der Waals surface area contributed by atoms with Crippen molar-refractivity contribution in [2.75, 3.05) is 13.7 Å². The Bertz CT molecular complexity index is 241. The highest BCUT2D eigenvalue weighted by Crippen LogP contribution is 2.38. The molecule has 86 valence electrons. The Morgan fingerprint density at radius 3 is 2.60 bits per heavy atom. The quantitative estimate of drug-likeness (QED) is 0.651. The number of carbonyl (C=O) groups is 1. The zero-order valence-corrected chi connectivity index (χ0v) is 9.16. The number of hydrogen-bond acceptors (Lipinski definition) is 4. The Balaban J connectivity index is 1.96. The number of hydrogen-bond donors (Lipinski definition) is 2. The topological polar surface area (TPSA) is 58.6 Å². The first-order valence-corrected chi connectivity index (χ1v) is 5.67. The molecule has 0 aromatic heterocycles. The maximum Gasteiger partial charge on any atom is 0.323 e. The zero-order valence-electron chi connectivity index (χ0n) is 9.16. The Hall–Kier alpha value is -0.610.